The van der Waals surface area contributed by atoms with E-state index in [0.717, 1.165) is 12.8 Å². The highest BCUT2D eigenvalue weighted by Crippen LogP contribution is 2.19. The average molecular weight is 455 g/mol. The number of aliphatic hydroxyl groups is 1. The van der Waals surface area contributed by atoms with Crippen LogP contribution in [0.25, 0.3) is 0 Å². The van der Waals surface area contributed by atoms with Crippen LogP contribution in [0.5, 0.6) is 0 Å². The molecule has 0 spiro atoms. The van der Waals surface area contributed by atoms with Crippen molar-refractivity contribution in [2.45, 2.75) is 168 Å². The van der Waals surface area contributed by atoms with Gasteiger partial charge in [-0.05, 0) is 26.7 Å². The Labute approximate surface area is 201 Å². The fourth-order valence-corrected chi connectivity index (χ4v) is 4.65. The molecular weight excluding hydrogens is 396 g/mol. The van der Waals surface area contributed by atoms with Crippen LogP contribution in [0.1, 0.15) is 162 Å². The van der Waals surface area contributed by atoms with Crippen molar-refractivity contribution in [3.63, 3.8) is 0 Å². The molecule has 0 aromatic rings. The van der Waals surface area contributed by atoms with Gasteiger partial charge in [-0.3, -0.25) is 4.79 Å². The summed E-state index contributed by atoms with van der Waals surface area (Å²) in [6.07, 6.45) is 28.6. The van der Waals surface area contributed by atoms with Gasteiger partial charge in [-0.2, -0.15) is 0 Å². The molecule has 0 aromatic heterocycles. The van der Waals surface area contributed by atoms with Crippen molar-refractivity contribution in [2.75, 3.05) is 6.61 Å². The lowest BCUT2D eigenvalue weighted by atomic mass is 9.95. The molecule has 0 radical (unpaired) electrons. The van der Waals surface area contributed by atoms with Gasteiger partial charge in [0.25, 0.3) is 0 Å². The van der Waals surface area contributed by atoms with E-state index in [1.165, 1.54) is 122 Å². The summed E-state index contributed by atoms with van der Waals surface area (Å²) in [6, 6.07) is 0. The first-order chi connectivity index (χ1) is 15.6. The molecule has 2 atom stereocenters. The minimum Gasteiger partial charge on any atom is -0.466 e. The minimum atomic E-state index is -0.436. The third kappa shape index (κ3) is 22.6. The Morgan fingerprint density at radius 1 is 0.625 bits per heavy atom. The molecule has 32 heavy (non-hydrogen) atoms. The van der Waals surface area contributed by atoms with Gasteiger partial charge in [0.15, 0.2) is 0 Å². The molecule has 3 heteroatoms. The van der Waals surface area contributed by atoms with Crippen molar-refractivity contribution in [3.8, 4) is 0 Å². The maximum atomic E-state index is 12.0. The fourth-order valence-electron chi connectivity index (χ4n) is 4.65. The van der Waals surface area contributed by atoms with E-state index < -0.39 is 6.10 Å². The summed E-state index contributed by atoms with van der Waals surface area (Å²) in [5.41, 5.74) is 0. The summed E-state index contributed by atoms with van der Waals surface area (Å²) in [4.78, 5) is 12.0. The Bertz CT molecular complexity index is 381. The summed E-state index contributed by atoms with van der Waals surface area (Å²) in [6.45, 7) is 6.31. The number of carbonyl (C=O) groups is 1. The number of esters is 1. The molecule has 0 saturated heterocycles. The predicted molar refractivity (Wildman–Crippen MR) is 139 cm³/mol. The first-order valence-electron chi connectivity index (χ1n) is 14.5. The van der Waals surface area contributed by atoms with Gasteiger partial charge in [-0.15, -0.1) is 0 Å². The van der Waals surface area contributed by atoms with Gasteiger partial charge in [-0.25, -0.2) is 0 Å². The quantitative estimate of drug-likeness (QED) is 0.110. The van der Waals surface area contributed by atoms with E-state index in [2.05, 4.69) is 6.92 Å². The first kappa shape index (κ1) is 31.4. The van der Waals surface area contributed by atoms with Crippen LogP contribution in [0, 0.1) is 5.92 Å². The van der Waals surface area contributed by atoms with Gasteiger partial charge in [0.05, 0.1) is 18.6 Å². The van der Waals surface area contributed by atoms with Crippen molar-refractivity contribution < 1.29 is 14.6 Å². The Kier molecular flexibility index (Phi) is 24.6. The van der Waals surface area contributed by atoms with E-state index in [1.54, 1.807) is 6.92 Å². The van der Waals surface area contributed by atoms with Crippen molar-refractivity contribution >= 4 is 5.97 Å². The van der Waals surface area contributed by atoms with Crippen LogP contribution < -0.4 is 0 Å². The van der Waals surface area contributed by atoms with Gasteiger partial charge in [0.1, 0.15) is 0 Å². The van der Waals surface area contributed by atoms with E-state index in [9.17, 15) is 9.90 Å². The summed E-state index contributed by atoms with van der Waals surface area (Å²) in [5, 5.41) is 9.60. The molecule has 1 N–H and O–H groups in total. The third-order valence-corrected chi connectivity index (χ3v) is 6.65. The molecule has 0 amide bonds. The van der Waals surface area contributed by atoms with E-state index >= 15 is 0 Å². The van der Waals surface area contributed by atoms with Crippen LogP contribution in [0.3, 0.4) is 0 Å². The SMILES string of the molecule is CCCCCCCCCCCCCCCCCCCCCCC(CC(C)O)C(=O)OCC. The van der Waals surface area contributed by atoms with Crippen LogP contribution in [0.4, 0.5) is 0 Å². The summed E-state index contributed by atoms with van der Waals surface area (Å²) in [5.74, 6) is -0.267. The molecule has 0 aliphatic heterocycles. The van der Waals surface area contributed by atoms with Crippen LogP contribution in [0.15, 0.2) is 0 Å². The number of carbonyl (C=O) groups excluding carboxylic acids is 1. The van der Waals surface area contributed by atoms with E-state index in [0.29, 0.717) is 13.0 Å². The zero-order valence-electron chi connectivity index (χ0n) is 22.2. The summed E-state index contributed by atoms with van der Waals surface area (Å²) < 4.78 is 5.15. The van der Waals surface area contributed by atoms with Crippen LogP contribution >= 0.6 is 0 Å². The summed E-state index contributed by atoms with van der Waals surface area (Å²) in [7, 11) is 0. The lowest BCUT2D eigenvalue weighted by Crippen LogP contribution is -2.22. The molecule has 192 valence electrons. The zero-order chi connectivity index (χ0) is 23.7. The van der Waals surface area contributed by atoms with Gasteiger partial charge in [0, 0.05) is 0 Å². The molecule has 0 aliphatic carbocycles. The molecule has 0 heterocycles. The van der Waals surface area contributed by atoms with Gasteiger partial charge < -0.3 is 9.84 Å². The van der Waals surface area contributed by atoms with Crippen molar-refractivity contribution in [2.24, 2.45) is 5.92 Å². The molecule has 0 aromatic carbocycles. The molecule has 0 bridgehead atoms. The van der Waals surface area contributed by atoms with E-state index in [1.807, 2.05) is 6.92 Å². The number of rotatable bonds is 25. The third-order valence-electron chi connectivity index (χ3n) is 6.65. The first-order valence-corrected chi connectivity index (χ1v) is 14.5. The largest absolute Gasteiger partial charge is 0.466 e. The molecule has 2 unspecified atom stereocenters. The van der Waals surface area contributed by atoms with Gasteiger partial charge in [0.2, 0.25) is 0 Å². The minimum absolute atomic E-state index is 0.133. The number of unbranched alkanes of at least 4 members (excludes halogenated alkanes) is 19. The lowest BCUT2D eigenvalue weighted by Gasteiger charge is -2.16. The second-order valence-electron chi connectivity index (χ2n) is 10.0. The maximum Gasteiger partial charge on any atom is 0.309 e. The standard InChI is InChI=1S/C29H58O3/c1-4-6-7-8-9-10-11-12-13-14-15-16-17-18-19-20-21-22-23-24-25-28(26-27(3)30)29(31)32-5-2/h27-28,30H,4-26H2,1-3H3. The fraction of sp³-hybridized carbons (Fsp3) is 0.966. The normalized spacial score (nSPS) is 13.2. The second-order valence-corrected chi connectivity index (χ2v) is 10.0. The number of hydrogen-bond acceptors (Lipinski definition) is 3. The van der Waals surface area contributed by atoms with Crippen LogP contribution in [-0.4, -0.2) is 23.8 Å². The Balaban J connectivity index is 3.32. The number of ether oxygens (including phenoxy) is 1. The van der Waals surface area contributed by atoms with Crippen molar-refractivity contribution in [1.82, 2.24) is 0 Å². The average Bonchev–Trinajstić information content (AvgIpc) is 2.76. The smallest absolute Gasteiger partial charge is 0.309 e. The van der Waals surface area contributed by atoms with Crippen LogP contribution in [-0.2, 0) is 9.53 Å². The molecular formula is C29H58O3. The highest BCUT2D eigenvalue weighted by molar-refractivity contribution is 5.72. The number of hydrogen-bond donors (Lipinski definition) is 1. The highest BCUT2D eigenvalue weighted by atomic mass is 16.5. The maximum absolute atomic E-state index is 12.0. The van der Waals surface area contributed by atoms with Gasteiger partial charge in [-0.1, -0.05) is 135 Å². The van der Waals surface area contributed by atoms with Crippen LogP contribution in [0.2, 0.25) is 0 Å². The van der Waals surface area contributed by atoms with Crippen molar-refractivity contribution in [3.05, 3.63) is 0 Å². The topological polar surface area (TPSA) is 46.5 Å². The Hall–Kier alpha value is -0.570. The van der Waals surface area contributed by atoms with Gasteiger partial charge >= 0.3 is 5.97 Å². The Morgan fingerprint density at radius 3 is 1.28 bits per heavy atom. The summed E-state index contributed by atoms with van der Waals surface area (Å²) >= 11 is 0. The Morgan fingerprint density at radius 2 is 0.969 bits per heavy atom. The zero-order valence-corrected chi connectivity index (χ0v) is 22.2. The van der Waals surface area contributed by atoms with E-state index in [-0.39, 0.29) is 11.9 Å². The number of aliphatic hydroxyl groups excluding tert-OH is 1. The van der Waals surface area contributed by atoms with Crippen molar-refractivity contribution in [1.29, 1.82) is 0 Å². The second kappa shape index (κ2) is 25.1. The molecule has 0 saturated carbocycles. The van der Waals surface area contributed by atoms with E-state index in [4.69, 9.17) is 4.74 Å². The molecule has 0 rings (SSSR count). The lowest BCUT2D eigenvalue weighted by molar-refractivity contribution is -0.149. The molecule has 3 nitrogen and oxygen atoms in total. The highest BCUT2D eigenvalue weighted by Gasteiger charge is 2.21. The monoisotopic (exact) mass is 454 g/mol. The molecule has 0 fully saturated rings. The molecule has 0 aliphatic rings. The predicted octanol–water partition coefficient (Wildman–Crippen LogP) is 9.15.